The normalized spacial score (nSPS) is 21.9. The summed E-state index contributed by atoms with van der Waals surface area (Å²) >= 11 is 0. The highest BCUT2D eigenvalue weighted by Crippen LogP contribution is 2.20. The van der Waals surface area contributed by atoms with Crippen LogP contribution in [0.25, 0.3) is 0 Å². The molecule has 0 radical (unpaired) electrons. The number of carbonyl (C=O) groups is 1. The first kappa shape index (κ1) is 18.4. The molecule has 7 heteroatoms. The number of likely N-dealkylation sites (tertiary alicyclic amines) is 1. The SMILES string of the molecule is CCN1CCCCC1CNS(=O)(=O)c1ccc(C(=O)NC2CC2)cc1. The van der Waals surface area contributed by atoms with Crippen molar-refractivity contribution in [1.29, 1.82) is 0 Å². The Kier molecular flexibility index (Phi) is 5.76. The van der Waals surface area contributed by atoms with Crippen molar-refractivity contribution in [2.75, 3.05) is 19.6 Å². The maximum atomic E-state index is 12.5. The Bertz CT molecular complexity index is 699. The monoisotopic (exact) mass is 365 g/mol. The number of piperidine rings is 1. The van der Waals surface area contributed by atoms with Crippen LogP contribution in [0.4, 0.5) is 0 Å². The molecule has 1 aromatic carbocycles. The molecule has 1 heterocycles. The fourth-order valence-electron chi connectivity index (χ4n) is 3.28. The van der Waals surface area contributed by atoms with Crippen LogP contribution < -0.4 is 10.0 Å². The summed E-state index contributed by atoms with van der Waals surface area (Å²) in [5.41, 5.74) is 0.496. The molecule has 0 aromatic heterocycles. The standard InChI is InChI=1S/C18H27N3O3S/c1-2-21-12-4-3-5-16(21)13-19-25(23,24)17-10-6-14(7-11-17)18(22)20-15-8-9-15/h6-7,10-11,15-16,19H,2-5,8-9,12-13H2,1H3,(H,20,22). The van der Waals surface area contributed by atoms with Crippen LogP contribution in [-0.4, -0.2) is 50.9 Å². The van der Waals surface area contributed by atoms with Gasteiger partial charge in [-0.25, -0.2) is 13.1 Å². The number of nitrogens with zero attached hydrogens (tertiary/aromatic N) is 1. The van der Waals surface area contributed by atoms with Gasteiger partial charge in [0, 0.05) is 24.2 Å². The van der Waals surface area contributed by atoms with Crippen molar-refractivity contribution in [3.05, 3.63) is 29.8 Å². The van der Waals surface area contributed by atoms with Gasteiger partial charge < -0.3 is 5.32 Å². The number of rotatable bonds is 7. The van der Waals surface area contributed by atoms with E-state index in [0.717, 1.165) is 38.8 Å². The summed E-state index contributed by atoms with van der Waals surface area (Å²) in [6.45, 7) is 4.52. The van der Waals surface area contributed by atoms with Crippen molar-refractivity contribution < 1.29 is 13.2 Å². The molecule has 1 aliphatic heterocycles. The van der Waals surface area contributed by atoms with Crippen molar-refractivity contribution >= 4 is 15.9 Å². The lowest BCUT2D eigenvalue weighted by molar-refractivity contribution is 0.0951. The van der Waals surface area contributed by atoms with E-state index in [0.29, 0.717) is 12.1 Å². The van der Waals surface area contributed by atoms with Gasteiger partial charge in [-0.1, -0.05) is 13.3 Å². The number of carbonyl (C=O) groups excluding carboxylic acids is 1. The first-order chi connectivity index (χ1) is 12.0. The van der Waals surface area contributed by atoms with Crippen molar-refractivity contribution in [2.45, 2.75) is 56.0 Å². The molecule has 1 saturated heterocycles. The van der Waals surface area contributed by atoms with E-state index >= 15 is 0 Å². The van der Waals surface area contributed by atoms with E-state index < -0.39 is 10.0 Å². The number of hydrogen-bond acceptors (Lipinski definition) is 4. The smallest absolute Gasteiger partial charge is 0.251 e. The van der Waals surface area contributed by atoms with Crippen LogP contribution >= 0.6 is 0 Å². The molecule has 1 aliphatic carbocycles. The number of benzene rings is 1. The topological polar surface area (TPSA) is 78.5 Å². The first-order valence-electron chi connectivity index (χ1n) is 9.14. The molecule has 3 rings (SSSR count). The molecular formula is C18H27N3O3S. The molecule has 0 bridgehead atoms. The Balaban J connectivity index is 1.60. The fraction of sp³-hybridized carbons (Fsp3) is 0.611. The maximum Gasteiger partial charge on any atom is 0.251 e. The molecule has 1 amide bonds. The van der Waals surface area contributed by atoms with E-state index in [-0.39, 0.29) is 22.9 Å². The third-order valence-corrected chi connectivity index (χ3v) is 6.44. The van der Waals surface area contributed by atoms with E-state index in [9.17, 15) is 13.2 Å². The zero-order valence-electron chi connectivity index (χ0n) is 14.7. The van der Waals surface area contributed by atoms with Crippen molar-refractivity contribution in [3.63, 3.8) is 0 Å². The van der Waals surface area contributed by atoms with Gasteiger partial charge in [0.1, 0.15) is 0 Å². The van der Waals surface area contributed by atoms with Gasteiger partial charge in [0.15, 0.2) is 0 Å². The molecule has 1 saturated carbocycles. The van der Waals surface area contributed by atoms with Crippen LogP contribution in [0.1, 0.15) is 49.4 Å². The minimum atomic E-state index is -3.55. The predicted molar refractivity (Wildman–Crippen MR) is 97.0 cm³/mol. The van der Waals surface area contributed by atoms with Gasteiger partial charge in [0.05, 0.1) is 4.90 Å². The van der Waals surface area contributed by atoms with Gasteiger partial charge in [-0.2, -0.15) is 0 Å². The minimum Gasteiger partial charge on any atom is -0.349 e. The Morgan fingerprint density at radius 1 is 1.16 bits per heavy atom. The third kappa shape index (κ3) is 4.80. The van der Waals surface area contributed by atoms with Gasteiger partial charge >= 0.3 is 0 Å². The van der Waals surface area contributed by atoms with E-state index in [1.807, 2.05) is 0 Å². The molecule has 2 aliphatic rings. The molecule has 1 unspecified atom stereocenters. The van der Waals surface area contributed by atoms with Gasteiger partial charge in [-0.15, -0.1) is 0 Å². The Morgan fingerprint density at radius 3 is 2.52 bits per heavy atom. The summed E-state index contributed by atoms with van der Waals surface area (Å²) in [5.74, 6) is -0.139. The van der Waals surface area contributed by atoms with E-state index in [4.69, 9.17) is 0 Å². The summed E-state index contributed by atoms with van der Waals surface area (Å²) in [5, 5.41) is 2.90. The van der Waals surface area contributed by atoms with E-state index in [1.165, 1.54) is 18.6 Å². The lowest BCUT2D eigenvalue weighted by Crippen LogP contribution is -2.46. The highest BCUT2D eigenvalue weighted by Gasteiger charge is 2.25. The maximum absolute atomic E-state index is 12.5. The van der Waals surface area contributed by atoms with E-state index in [1.54, 1.807) is 12.1 Å². The average Bonchev–Trinajstić information content (AvgIpc) is 3.44. The van der Waals surface area contributed by atoms with Crippen LogP contribution in [0, 0.1) is 0 Å². The quantitative estimate of drug-likeness (QED) is 0.771. The molecule has 138 valence electrons. The molecular weight excluding hydrogens is 338 g/mol. The molecule has 0 spiro atoms. The fourth-order valence-corrected chi connectivity index (χ4v) is 4.35. The molecule has 6 nitrogen and oxygen atoms in total. The van der Waals surface area contributed by atoms with Gasteiger partial charge in [0.2, 0.25) is 10.0 Å². The summed E-state index contributed by atoms with van der Waals surface area (Å²) in [6.07, 6.45) is 5.40. The lowest BCUT2D eigenvalue weighted by atomic mass is 10.0. The second-order valence-corrected chi connectivity index (χ2v) is 8.67. The van der Waals surface area contributed by atoms with Crippen molar-refractivity contribution in [1.82, 2.24) is 14.9 Å². The Morgan fingerprint density at radius 2 is 1.88 bits per heavy atom. The Labute approximate surface area is 150 Å². The highest BCUT2D eigenvalue weighted by molar-refractivity contribution is 7.89. The average molecular weight is 365 g/mol. The third-order valence-electron chi connectivity index (χ3n) is 5.00. The lowest BCUT2D eigenvalue weighted by Gasteiger charge is -2.34. The molecule has 25 heavy (non-hydrogen) atoms. The van der Waals surface area contributed by atoms with Crippen LogP contribution in [0.5, 0.6) is 0 Å². The largest absolute Gasteiger partial charge is 0.349 e. The first-order valence-corrected chi connectivity index (χ1v) is 10.6. The van der Waals surface area contributed by atoms with Crippen molar-refractivity contribution in [3.8, 4) is 0 Å². The minimum absolute atomic E-state index is 0.139. The summed E-state index contributed by atoms with van der Waals surface area (Å²) in [7, 11) is -3.55. The second kappa shape index (κ2) is 7.85. The molecule has 2 N–H and O–H groups in total. The number of nitrogens with one attached hydrogen (secondary N) is 2. The number of hydrogen-bond donors (Lipinski definition) is 2. The highest BCUT2D eigenvalue weighted by atomic mass is 32.2. The van der Waals surface area contributed by atoms with Crippen LogP contribution in [0.15, 0.2) is 29.2 Å². The number of likely N-dealkylation sites (N-methyl/N-ethyl adjacent to an activating group) is 1. The van der Waals surface area contributed by atoms with Gasteiger partial charge in [-0.05, 0) is 63.0 Å². The van der Waals surface area contributed by atoms with Gasteiger partial charge in [-0.3, -0.25) is 9.69 Å². The number of sulfonamides is 1. The van der Waals surface area contributed by atoms with Crippen LogP contribution in [0.2, 0.25) is 0 Å². The molecule has 1 atom stereocenters. The van der Waals surface area contributed by atoms with E-state index in [2.05, 4.69) is 21.9 Å². The summed E-state index contributed by atoms with van der Waals surface area (Å²) in [4.78, 5) is 14.5. The summed E-state index contributed by atoms with van der Waals surface area (Å²) < 4.78 is 27.7. The zero-order chi connectivity index (χ0) is 17.9. The zero-order valence-corrected chi connectivity index (χ0v) is 15.5. The molecule has 1 aromatic rings. The summed E-state index contributed by atoms with van der Waals surface area (Å²) in [6, 6.07) is 6.70. The Hall–Kier alpha value is -1.44. The van der Waals surface area contributed by atoms with Crippen LogP contribution in [-0.2, 0) is 10.0 Å². The second-order valence-electron chi connectivity index (χ2n) is 6.90. The number of amides is 1. The van der Waals surface area contributed by atoms with Crippen molar-refractivity contribution in [2.24, 2.45) is 0 Å². The molecule has 2 fully saturated rings. The van der Waals surface area contributed by atoms with Gasteiger partial charge in [0.25, 0.3) is 5.91 Å². The predicted octanol–water partition coefficient (Wildman–Crippen LogP) is 1.73. The van der Waals surface area contributed by atoms with Crippen LogP contribution in [0.3, 0.4) is 0 Å².